The first-order valence-corrected chi connectivity index (χ1v) is 10.7. The third-order valence-electron chi connectivity index (χ3n) is 4.73. The summed E-state index contributed by atoms with van der Waals surface area (Å²) >= 11 is 1.43. The average molecular weight is 408 g/mol. The first-order chi connectivity index (χ1) is 14.2. The average Bonchev–Trinajstić information content (AvgIpc) is 3.47. The molecule has 1 aromatic heterocycles. The molecule has 29 heavy (non-hydrogen) atoms. The minimum Gasteiger partial charge on any atom is -0.372 e. The van der Waals surface area contributed by atoms with Crippen LogP contribution in [0.5, 0.6) is 0 Å². The smallest absolute Gasteiger partial charge is 0.263 e. The lowest BCUT2D eigenvalue weighted by atomic mass is 10.1. The molecule has 1 aliphatic carbocycles. The van der Waals surface area contributed by atoms with Gasteiger partial charge in [-0.25, -0.2) is 4.98 Å². The highest BCUT2D eigenvalue weighted by Gasteiger charge is 2.23. The number of carbonyl (C=O) groups excluding carboxylic acids is 1. The third-order valence-corrected chi connectivity index (χ3v) is 5.82. The molecule has 1 amide bonds. The number of nitrogens with one attached hydrogen (secondary N) is 2. The number of thiazole rings is 1. The number of aryl methyl sites for hydroxylation is 1. The van der Waals surface area contributed by atoms with Crippen LogP contribution < -0.4 is 10.6 Å². The summed E-state index contributed by atoms with van der Waals surface area (Å²) in [5.41, 5.74) is 4.08. The molecule has 2 aromatic carbocycles. The topological polar surface area (TPSA) is 63.2 Å². The van der Waals surface area contributed by atoms with Crippen LogP contribution in [0.1, 0.15) is 44.9 Å². The summed E-state index contributed by atoms with van der Waals surface area (Å²) in [4.78, 5) is 17.7. The molecule has 1 fully saturated rings. The number of nitrogens with zero attached hydrogens (tertiary/aromatic N) is 1. The van der Waals surface area contributed by atoms with Gasteiger partial charge in [-0.1, -0.05) is 65.9 Å². The maximum atomic E-state index is 12.6. The molecule has 5 nitrogen and oxygen atoms in total. The Morgan fingerprint density at radius 3 is 2.59 bits per heavy atom. The number of carbonyl (C=O) groups is 1. The lowest BCUT2D eigenvalue weighted by Gasteiger charge is -2.08. The van der Waals surface area contributed by atoms with Gasteiger partial charge in [-0.15, -0.1) is 0 Å². The zero-order valence-corrected chi connectivity index (χ0v) is 17.3. The Kier molecular flexibility index (Phi) is 6.22. The molecule has 6 heteroatoms. The van der Waals surface area contributed by atoms with Gasteiger partial charge >= 0.3 is 0 Å². The van der Waals surface area contributed by atoms with Gasteiger partial charge in [0, 0.05) is 12.6 Å². The Labute approximate surface area is 175 Å². The van der Waals surface area contributed by atoms with E-state index in [-0.39, 0.29) is 5.91 Å². The van der Waals surface area contributed by atoms with Crippen LogP contribution in [0.25, 0.3) is 0 Å². The molecule has 1 saturated carbocycles. The van der Waals surface area contributed by atoms with Crippen molar-refractivity contribution < 1.29 is 9.53 Å². The van der Waals surface area contributed by atoms with Gasteiger partial charge in [-0.05, 0) is 36.5 Å². The summed E-state index contributed by atoms with van der Waals surface area (Å²) in [7, 11) is 0. The van der Waals surface area contributed by atoms with Crippen molar-refractivity contribution in [1.82, 2.24) is 10.3 Å². The van der Waals surface area contributed by atoms with E-state index in [2.05, 4.69) is 33.8 Å². The summed E-state index contributed by atoms with van der Waals surface area (Å²) in [6.07, 6.45) is 2.37. The number of ether oxygens (including phenoxy) is 1. The lowest BCUT2D eigenvalue weighted by Crippen LogP contribution is -2.22. The van der Waals surface area contributed by atoms with Crippen molar-refractivity contribution in [2.75, 3.05) is 5.32 Å². The molecule has 0 spiro atoms. The number of hydrogen-bond donors (Lipinski definition) is 2. The number of amides is 1. The number of hydrogen-bond acceptors (Lipinski definition) is 5. The van der Waals surface area contributed by atoms with Gasteiger partial charge in [-0.2, -0.15) is 0 Å². The Bertz CT molecular complexity index is 967. The largest absolute Gasteiger partial charge is 0.372 e. The second kappa shape index (κ2) is 9.20. The fraction of sp³-hybridized carbons (Fsp3) is 0.304. The molecule has 0 bridgehead atoms. The van der Waals surface area contributed by atoms with E-state index in [1.54, 1.807) is 0 Å². The van der Waals surface area contributed by atoms with Crippen LogP contribution in [0.4, 0.5) is 5.13 Å². The summed E-state index contributed by atoms with van der Waals surface area (Å²) in [5.74, 6) is -0.0745. The molecule has 4 rings (SSSR count). The number of benzene rings is 2. The molecule has 1 heterocycles. The van der Waals surface area contributed by atoms with E-state index in [9.17, 15) is 4.79 Å². The van der Waals surface area contributed by atoms with E-state index in [4.69, 9.17) is 4.74 Å². The van der Waals surface area contributed by atoms with Gasteiger partial charge < -0.3 is 15.4 Å². The highest BCUT2D eigenvalue weighted by molar-refractivity contribution is 7.17. The Morgan fingerprint density at radius 2 is 1.79 bits per heavy atom. The summed E-state index contributed by atoms with van der Waals surface area (Å²) in [6, 6.07) is 18.8. The predicted molar refractivity (Wildman–Crippen MR) is 116 cm³/mol. The van der Waals surface area contributed by atoms with E-state index in [1.807, 2.05) is 43.3 Å². The minimum atomic E-state index is -0.0745. The molecule has 0 atom stereocenters. The molecule has 0 aliphatic heterocycles. The molecule has 3 aromatic rings. The molecular formula is C23H25N3O2S. The van der Waals surface area contributed by atoms with E-state index < -0.39 is 0 Å². The Morgan fingerprint density at radius 1 is 1.07 bits per heavy atom. The summed E-state index contributed by atoms with van der Waals surface area (Å²) in [5, 5.41) is 7.21. The van der Waals surface area contributed by atoms with Gasteiger partial charge in [0.05, 0.1) is 18.9 Å². The van der Waals surface area contributed by atoms with E-state index >= 15 is 0 Å². The maximum Gasteiger partial charge on any atom is 0.263 e. The van der Waals surface area contributed by atoms with Crippen molar-refractivity contribution in [2.24, 2.45) is 0 Å². The molecule has 0 unspecified atom stereocenters. The maximum absolute atomic E-state index is 12.6. The second-order valence-corrected chi connectivity index (χ2v) is 8.33. The normalized spacial score (nSPS) is 13.3. The zero-order valence-electron chi connectivity index (χ0n) is 16.5. The minimum absolute atomic E-state index is 0.0745. The van der Waals surface area contributed by atoms with Crippen LogP contribution in [0.3, 0.4) is 0 Å². The number of rotatable bonds is 9. The molecule has 1 aliphatic rings. The molecule has 150 valence electrons. The second-order valence-electron chi connectivity index (χ2n) is 7.33. The highest BCUT2D eigenvalue weighted by Crippen LogP contribution is 2.29. The van der Waals surface area contributed by atoms with Crippen LogP contribution in [0, 0.1) is 6.92 Å². The van der Waals surface area contributed by atoms with Crippen LogP contribution in [-0.4, -0.2) is 16.9 Å². The number of aromatic nitrogens is 1. The van der Waals surface area contributed by atoms with Crippen LogP contribution in [0.15, 0.2) is 54.6 Å². The third kappa shape index (κ3) is 5.65. The highest BCUT2D eigenvalue weighted by atomic mass is 32.1. The van der Waals surface area contributed by atoms with Crippen molar-refractivity contribution in [3.8, 4) is 0 Å². The fourth-order valence-corrected chi connectivity index (χ4v) is 3.98. The van der Waals surface area contributed by atoms with Crippen molar-refractivity contribution in [1.29, 1.82) is 0 Å². The fourth-order valence-electron chi connectivity index (χ4n) is 3.02. The summed E-state index contributed by atoms with van der Waals surface area (Å²) < 4.78 is 5.81. The van der Waals surface area contributed by atoms with Gasteiger partial charge in [-0.3, -0.25) is 4.79 Å². The SMILES string of the molecule is Cc1nc(NC2CC2)sc1C(=O)NCc1cccc(COCc2ccccc2)c1. The Balaban J connectivity index is 1.28. The van der Waals surface area contributed by atoms with Crippen LogP contribution in [-0.2, 0) is 24.5 Å². The van der Waals surface area contributed by atoms with Gasteiger partial charge in [0.1, 0.15) is 4.88 Å². The molecule has 2 N–H and O–H groups in total. The van der Waals surface area contributed by atoms with Gasteiger partial charge in [0.15, 0.2) is 5.13 Å². The molecule has 0 radical (unpaired) electrons. The van der Waals surface area contributed by atoms with Gasteiger partial charge in [0.2, 0.25) is 0 Å². The van der Waals surface area contributed by atoms with Crippen molar-refractivity contribution in [3.63, 3.8) is 0 Å². The monoisotopic (exact) mass is 407 g/mol. The number of anilines is 1. The molecule has 0 saturated heterocycles. The van der Waals surface area contributed by atoms with Crippen LogP contribution in [0.2, 0.25) is 0 Å². The summed E-state index contributed by atoms with van der Waals surface area (Å²) in [6.45, 7) is 3.49. The van der Waals surface area contributed by atoms with E-state index in [1.165, 1.54) is 24.2 Å². The van der Waals surface area contributed by atoms with Crippen molar-refractivity contribution in [2.45, 2.75) is 45.6 Å². The quantitative estimate of drug-likeness (QED) is 0.541. The zero-order chi connectivity index (χ0) is 20.1. The predicted octanol–water partition coefficient (Wildman–Crippen LogP) is 4.67. The van der Waals surface area contributed by atoms with E-state index in [0.717, 1.165) is 27.5 Å². The lowest BCUT2D eigenvalue weighted by molar-refractivity contribution is 0.0954. The first kappa shape index (κ1) is 19.6. The van der Waals surface area contributed by atoms with Crippen molar-refractivity contribution in [3.05, 3.63) is 81.9 Å². The molecular weight excluding hydrogens is 382 g/mol. The van der Waals surface area contributed by atoms with Crippen LogP contribution >= 0.6 is 11.3 Å². The first-order valence-electron chi connectivity index (χ1n) is 9.89. The standard InChI is InChI=1S/C23H25N3O2S/c1-16-21(29-23(25-16)26-20-10-11-20)22(27)24-13-18-8-5-9-19(12-18)15-28-14-17-6-3-2-4-7-17/h2-9,12,20H,10-11,13-15H2,1H3,(H,24,27)(H,25,26). The van der Waals surface area contributed by atoms with Crippen molar-refractivity contribution >= 4 is 22.4 Å². The van der Waals surface area contributed by atoms with Gasteiger partial charge in [0.25, 0.3) is 5.91 Å². The Hall–Kier alpha value is -2.70. The van der Waals surface area contributed by atoms with E-state index in [0.29, 0.717) is 30.7 Å².